The molecule has 1 saturated carbocycles. The molecule has 3 rings (SSSR count). The summed E-state index contributed by atoms with van der Waals surface area (Å²) in [4.78, 5) is 17.0. The molecule has 1 aromatic carbocycles. The van der Waals surface area contributed by atoms with Crippen molar-refractivity contribution in [3.8, 4) is 0 Å². The number of benzene rings is 1. The van der Waals surface area contributed by atoms with Gasteiger partial charge in [0, 0.05) is 38.4 Å². The number of anilines is 1. The van der Waals surface area contributed by atoms with Crippen molar-refractivity contribution in [1.29, 1.82) is 0 Å². The number of hydrogen-bond donors (Lipinski definition) is 1. The van der Waals surface area contributed by atoms with Crippen LogP contribution in [-0.4, -0.2) is 56.2 Å². The number of carbonyl (C=O) groups is 1. The minimum absolute atomic E-state index is 0.0929. The van der Waals surface area contributed by atoms with Crippen molar-refractivity contribution < 1.29 is 9.53 Å². The van der Waals surface area contributed by atoms with Crippen LogP contribution in [0.3, 0.4) is 0 Å². The topological polar surface area (TPSA) is 44.8 Å². The second-order valence-corrected chi connectivity index (χ2v) is 7.61. The maximum absolute atomic E-state index is 12.4. The molecule has 2 aliphatic rings. The Morgan fingerprint density at radius 1 is 1.19 bits per heavy atom. The Kier molecular flexibility index (Phi) is 6.92. The van der Waals surface area contributed by atoms with Crippen LogP contribution in [0, 0.1) is 0 Å². The van der Waals surface area contributed by atoms with E-state index in [4.69, 9.17) is 4.74 Å². The number of amides is 1. The molecule has 1 aromatic rings. The summed E-state index contributed by atoms with van der Waals surface area (Å²) in [6.07, 6.45) is 6.67. The lowest BCUT2D eigenvalue weighted by molar-refractivity contribution is -0.127. The number of nitrogens with one attached hydrogen (secondary N) is 1. The van der Waals surface area contributed by atoms with Gasteiger partial charge in [-0.2, -0.15) is 0 Å². The number of ether oxygens (including phenoxy) is 1. The van der Waals surface area contributed by atoms with Crippen molar-refractivity contribution in [2.45, 2.75) is 57.7 Å². The van der Waals surface area contributed by atoms with Crippen molar-refractivity contribution in [1.82, 2.24) is 10.2 Å². The Hall–Kier alpha value is -1.59. The molecule has 1 saturated heterocycles. The molecule has 1 heterocycles. The van der Waals surface area contributed by atoms with E-state index in [1.165, 1.54) is 37.8 Å². The van der Waals surface area contributed by atoms with E-state index in [1.807, 2.05) is 6.92 Å². The molecule has 5 heteroatoms. The van der Waals surface area contributed by atoms with Gasteiger partial charge < -0.3 is 15.0 Å². The van der Waals surface area contributed by atoms with Gasteiger partial charge in [-0.1, -0.05) is 31.4 Å². The lowest BCUT2D eigenvalue weighted by Gasteiger charge is -2.33. The molecule has 0 radical (unpaired) electrons. The van der Waals surface area contributed by atoms with Crippen LogP contribution >= 0.6 is 0 Å². The zero-order chi connectivity index (χ0) is 18.4. The third kappa shape index (κ3) is 4.98. The first-order valence-corrected chi connectivity index (χ1v) is 10.1. The van der Waals surface area contributed by atoms with Gasteiger partial charge in [0.2, 0.25) is 5.91 Å². The van der Waals surface area contributed by atoms with Gasteiger partial charge in [0.15, 0.2) is 0 Å². The predicted molar refractivity (Wildman–Crippen MR) is 105 cm³/mol. The van der Waals surface area contributed by atoms with Crippen LogP contribution in [0.5, 0.6) is 0 Å². The third-order valence-corrected chi connectivity index (χ3v) is 5.91. The van der Waals surface area contributed by atoms with Gasteiger partial charge in [0.25, 0.3) is 0 Å². The number of carbonyl (C=O) groups excluding carboxylic acids is 1. The van der Waals surface area contributed by atoms with E-state index < -0.39 is 0 Å². The first-order chi connectivity index (χ1) is 12.6. The predicted octanol–water partition coefficient (Wildman–Crippen LogP) is 2.79. The van der Waals surface area contributed by atoms with Gasteiger partial charge in [-0.05, 0) is 37.5 Å². The second kappa shape index (κ2) is 9.38. The highest BCUT2D eigenvalue weighted by Gasteiger charge is 2.23. The average Bonchev–Trinajstić information content (AvgIpc) is 2.72. The monoisotopic (exact) mass is 359 g/mol. The molecular weight excluding hydrogens is 326 g/mol. The highest BCUT2D eigenvalue weighted by molar-refractivity contribution is 5.81. The minimum atomic E-state index is -0.101. The zero-order valence-corrected chi connectivity index (χ0v) is 16.2. The van der Waals surface area contributed by atoms with Gasteiger partial charge in [-0.3, -0.25) is 9.69 Å². The van der Waals surface area contributed by atoms with Gasteiger partial charge in [0.1, 0.15) is 0 Å². The summed E-state index contributed by atoms with van der Waals surface area (Å²) in [6, 6.07) is 9.20. The molecule has 1 N–H and O–H groups in total. The van der Waals surface area contributed by atoms with Gasteiger partial charge in [0.05, 0.1) is 19.3 Å². The zero-order valence-electron chi connectivity index (χ0n) is 16.2. The lowest BCUT2D eigenvalue weighted by Crippen LogP contribution is -2.49. The van der Waals surface area contributed by atoms with E-state index in [-0.39, 0.29) is 11.9 Å². The number of rotatable bonds is 6. The molecule has 0 unspecified atom stereocenters. The standard InChI is InChI=1S/C21H33N3O2/c1-17(24-12-14-26-15-13-24)21(25)22-16-18-8-10-20(11-9-18)23(2)19-6-4-3-5-7-19/h8-11,17,19H,3-7,12-16H2,1-2H3,(H,22,25)/t17-/m1/s1. The Morgan fingerprint density at radius 3 is 2.50 bits per heavy atom. The maximum Gasteiger partial charge on any atom is 0.237 e. The first-order valence-electron chi connectivity index (χ1n) is 10.1. The summed E-state index contributed by atoms with van der Waals surface area (Å²) >= 11 is 0. The Labute approximate surface area is 157 Å². The Bertz CT molecular complexity index is 563. The molecule has 1 amide bonds. The molecule has 0 bridgehead atoms. The Morgan fingerprint density at radius 2 is 1.85 bits per heavy atom. The highest BCUT2D eigenvalue weighted by atomic mass is 16.5. The maximum atomic E-state index is 12.4. The first kappa shape index (κ1) is 19.2. The van der Waals surface area contributed by atoms with Gasteiger partial charge in [-0.25, -0.2) is 0 Å². The van der Waals surface area contributed by atoms with Crippen LogP contribution in [-0.2, 0) is 16.1 Å². The molecule has 2 fully saturated rings. The fraction of sp³-hybridized carbons (Fsp3) is 0.667. The molecule has 144 valence electrons. The summed E-state index contributed by atoms with van der Waals surface area (Å²) in [5.74, 6) is 0.0929. The Balaban J connectivity index is 1.48. The van der Waals surface area contributed by atoms with Crippen molar-refractivity contribution in [3.63, 3.8) is 0 Å². The van der Waals surface area contributed by atoms with E-state index in [9.17, 15) is 4.79 Å². The molecular formula is C21H33N3O2. The molecule has 1 aliphatic heterocycles. The molecule has 26 heavy (non-hydrogen) atoms. The van der Waals surface area contributed by atoms with Crippen LogP contribution in [0.2, 0.25) is 0 Å². The van der Waals surface area contributed by atoms with Crippen molar-refractivity contribution in [2.75, 3.05) is 38.3 Å². The summed E-state index contributed by atoms with van der Waals surface area (Å²) < 4.78 is 5.36. The number of hydrogen-bond acceptors (Lipinski definition) is 4. The second-order valence-electron chi connectivity index (χ2n) is 7.61. The van der Waals surface area contributed by atoms with E-state index in [0.29, 0.717) is 25.8 Å². The van der Waals surface area contributed by atoms with E-state index >= 15 is 0 Å². The number of nitrogens with zero attached hydrogens (tertiary/aromatic N) is 2. The van der Waals surface area contributed by atoms with Gasteiger partial charge >= 0.3 is 0 Å². The van der Waals surface area contributed by atoms with Gasteiger partial charge in [-0.15, -0.1) is 0 Å². The molecule has 1 aliphatic carbocycles. The SMILES string of the molecule is C[C@H](C(=O)NCc1ccc(N(C)C2CCCCC2)cc1)N1CCOCC1. The normalized spacial score (nSPS) is 20.5. The smallest absolute Gasteiger partial charge is 0.237 e. The summed E-state index contributed by atoms with van der Waals surface area (Å²) in [5, 5.41) is 3.07. The quantitative estimate of drug-likeness (QED) is 0.848. The minimum Gasteiger partial charge on any atom is -0.379 e. The van der Waals surface area contributed by atoms with Crippen LogP contribution in [0.25, 0.3) is 0 Å². The average molecular weight is 360 g/mol. The van der Waals surface area contributed by atoms with Crippen molar-refractivity contribution in [3.05, 3.63) is 29.8 Å². The lowest BCUT2D eigenvalue weighted by atomic mass is 9.94. The van der Waals surface area contributed by atoms with Crippen LogP contribution < -0.4 is 10.2 Å². The molecule has 0 spiro atoms. The van der Waals surface area contributed by atoms with E-state index in [1.54, 1.807) is 0 Å². The summed E-state index contributed by atoms with van der Waals surface area (Å²) in [5.41, 5.74) is 2.42. The fourth-order valence-corrected chi connectivity index (χ4v) is 4.00. The van der Waals surface area contributed by atoms with Crippen molar-refractivity contribution >= 4 is 11.6 Å². The van der Waals surface area contributed by atoms with E-state index in [2.05, 4.69) is 46.4 Å². The van der Waals surface area contributed by atoms with Crippen LogP contribution in [0.4, 0.5) is 5.69 Å². The van der Waals surface area contributed by atoms with E-state index in [0.717, 1.165) is 18.7 Å². The third-order valence-electron chi connectivity index (χ3n) is 5.91. The fourth-order valence-electron chi connectivity index (χ4n) is 4.00. The highest BCUT2D eigenvalue weighted by Crippen LogP contribution is 2.26. The summed E-state index contributed by atoms with van der Waals surface area (Å²) in [6.45, 7) is 5.65. The van der Waals surface area contributed by atoms with Crippen LogP contribution in [0.15, 0.2) is 24.3 Å². The molecule has 1 atom stereocenters. The summed E-state index contributed by atoms with van der Waals surface area (Å²) in [7, 11) is 2.21. The largest absolute Gasteiger partial charge is 0.379 e. The number of morpholine rings is 1. The van der Waals surface area contributed by atoms with Crippen LogP contribution in [0.1, 0.15) is 44.6 Å². The van der Waals surface area contributed by atoms with Crippen molar-refractivity contribution in [2.24, 2.45) is 0 Å². The molecule has 5 nitrogen and oxygen atoms in total. The molecule has 0 aromatic heterocycles.